The minimum atomic E-state index is -4.35. The Morgan fingerprint density at radius 1 is 0.951 bits per heavy atom. The quantitative estimate of drug-likeness (QED) is 0.306. The molecule has 1 atom stereocenters. The molecule has 11 heteroatoms. The number of hydrogen-bond acceptors (Lipinski definition) is 6. The molecule has 3 aromatic rings. The third-order valence-electron chi connectivity index (χ3n) is 6.54. The molecule has 2 amide bonds. The van der Waals surface area contributed by atoms with Gasteiger partial charge in [0.1, 0.15) is 18.4 Å². The summed E-state index contributed by atoms with van der Waals surface area (Å²) in [5.41, 5.74) is 1.04. The maximum atomic E-state index is 14.0. The first kappa shape index (κ1) is 31.4. The summed E-state index contributed by atoms with van der Waals surface area (Å²) < 4.78 is 53.1. The highest BCUT2D eigenvalue weighted by atomic mass is 32.2. The average Bonchev–Trinajstić information content (AvgIpc) is 2.99. The van der Waals surface area contributed by atoms with Crippen LogP contribution in [-0.4, -0.2) is 65.0 Å². The van der Waals surface area contributed by atoms with E-state index in [1.54, 1.807) is 6.92 Å². The number of anilines is 1. The minimum Gasteiger partial charge on any atom is -0.493 e. The van der Waals surface area contributed by atoms with Crippen molar-refractivity contribution in [2.75, 3.05) is 38.2 Å². The molecule has 0 radical (unpaired) electrons. The average molecular weight is 586 g/mol. The van der Waals surface area contributed by atoms with E-state index in [9.17, 15) is 22.4 Å². The number of methoxy groups -OCH3 is 2. The van der Waals surface area contributed by atoms with Crippen molar-refractivity contribution in [3.63, 3.8) is 0 Å². The third-order valence-corrected chi connectivity index (χ3v) is 8.31. The molecular weight excluding hydrogens is 549 g/mol. The lowest BCUT2D eigenvalue weighted by atomic mass is 10.1. The van der Waals surface area contributed by atoms with Crippen molar-refractivity contribution in [3.05, 3.63) is 84.2 Å². The molecular formula is C30H36FN3O6S. The van der Waals surface area contributed by atoms with Gasteiger partial charge in [-0.1, -0.05) is 37.3 Å². The number of ether oxygens (including phenoxy) is 2. The summed E-state index contributed by atoms with van der Waals surface area (Å²) >= 11 is 0. The fourth-order valence-electron chi connectivity index (χ4n) is 4.21. The van der Waals surface area contributed by atoms with E-state index in [4.69, 9.17) is 9.47 Å². The van der Waals surface area contributed by atoms with Crippen LogP contribution in [0.2, 0.25) is 0 Å². The van der Waals surface area contributed by atoms with Crippen molar-refractivity contribution < 1.29 is 31.9 Å². The normalized spacial score (nSPS) is 11.8. The van der Waals surface area contributed by atoms with Crippen molar-refractivity contribution in [3.8, 4) is 11.5 Å². The maximum absolute atomic E-state index is 14.0. The van der Waals surface area contributed by atoms with E-state index in [2.05, 4.69) is 5.32 Å². The van der Waals surface area contributed by atoms with Crippen LogP contribution in [0.1, 0.15) is 25.8 Å². The van der Waals surface area contributed by atoms with E-state index in [1.807, 2.05) is 37.3 Å². The summed E-state index contributed by atoms with van der Waals surface area (Å²) in [6, 6.07) is 17.5. The first-order valence-electron chi connectivity index (χ1n) is 13.2. The monoisotopic (exact) mass is 585 g/mol. The number of benzene rings is 3. The molecule has 3 rings (SSSR count). The molecule has 0 spiro atoms. The Hall–Kier alpha value is -4.12. The van der Waals surface area contributed by atoms with Crippen molar-refractivity contribution in [2.24, 2.45) is 0 Å². The number of rotatable bonds is 14. The summed E-state index contributed by atoms with van der Waals surface area (Å²) in [5, 5.41) is 2.80. The predicted molar refractivity (Wildman–Crippen MR) is 155 cm³/mol. The Labute approximate surface area is 240 Å². The Morgan fingerprint density at radius 3 is 2.22 bits per heavy atom. The molecule has 0 fully saturated rings. The number of carbonyl (C=O) groups is 2. The van der Waals surface area contributed by atoms with Gasteiger partial charge in [-0.05, 0) is 61.7 Å². The second-order valence-corrected chi connectivity index (χ2v) is 11.2. The standard InChI is InChI=1S/C30H36FN3O6S/c1-5-18-32-30(36)22(2)33(19-17-23-9-7-6-8-10-23)29(35)21-34(25-13-11-24(31)12-14-25)41(37,38)26-15-16-27(39-3)28(20-26)40-4/h6-16,20,22H,5,17-19,21H2,1-4H3,(H,32,36)/t22-/m0/s1. The molecule has 0 aliphatic rings. The van der Waals surface area contributed by atoms with Gasteiger partial charge in [0.05, 0.1) is 24.8 Å². The first-order chi connectivity index (χ1) is 19.6. The highest BCUT2D eigenvalue weighted by Gasteiger charge is 2.32. The van der Waals surface area contributed by atoms with Crippen LogP contribution in [0.4, 0.5) is 10.1 Å². The van der Waals surface area contributed by atoms with Gasteiger partial charge in [0, 0.05) is 19.2 Å². The number of sulfonamides is 1. The largest absolute Gasteiger partial charge is 0.493 e. The van der Waals surface area contributed by atoms with Gasteiger partial charge < -0.3 is 19.7 Å². The highest BCUT2D eigenvalue weighted by molar-refractivity contribution is 7.92. The number of amides is 2. The van der Waals surface area contributed by atoms with Crippen LogP contribution in [0.15, 0.2) is 77.7 Å². The number of nitrogens with zero attached hydrogens (tertiary/aromatic N) is 2. The molecule has 41 heavy (non-hydrogen) atoms. The van der Waals surface area contributed by atoms with E-state index in [1.165, 1.54) is 49.5 Å². The Balaban J connectivity index is 2.00. The molecule has 0 saturated heterocycles. The topological polar surface area (TPSA) is 105 Å². The number of hydrogen-bond donors (Lipinski definition) is 1. The maximum Gasteiger partial charge on any atom is 0.264 e. The summed E-state index contributed by atoms with van der Waals surface area (Å²) in [6.07, 6.45) is 1.18. The fraction of sp³-hybridized carbons (Fsp3) is 0.333. The van der Waals surface area contributed by atoms with Crippen molar-refractivity contribution in [1.29, 1.82) is 0 Å². The second kappa shape index (κ2) is 14.5. The van der Waals surface area contributed by atoms with Crippen LogP contribution < -0.4 is 19.1 Å². The van der Waals surface area contributed by atoms with Gasteiger partial charge in [-0.15, -0.1) is 0 Å². The smallest absolute Gasteiger partial charge is 0.264 e. The van der Waals surface area contributed by atoms with Crippen LogP contribution in [0.5, 0.6) is 11.5 Å². The lowest BCUT2D eigenvalue weighted by molar-refractivity contribution is -0.138. The number of halogens is 1. The van der Waals surface area contributed by atoms with Crippen LogP contribution >= 0.6 is 0 Å². The van der Waals surface area contributed by atoms with E-state index in [0.717, 1.165) is 28.4 Å². The molecule has 220 valence electrons. The predicted octanol–water partition coefficient (Wildman–Crippen LogP) is 4.02. The Kier molecular flexibility index (Phi) is 11.1. The molecule has 9 nitrogen and oxygen atoms in total. The highest BCUT2D eigenvalue weighted by Crippen LogP contribution is 2.32. The van der Waals surface area contributed by atoms with Crippen LogP contribution in [0.25, 0.3) is 0 Å². The minimum absolute atomic E-state index is 0.0839. The molecule has 0 aromatic heterocycles. The van der Waals surface area contributed by atoms with E-state index < -0.39 is 34.3 Å². The fourth-order valence-corrected chi connectivity index (χ4v) is 5.64. The Bertz CT molecular complexity index is 1420. The summed E-state index contributed by atoms with van der Waals surface area (Å²) in [4.78, 5) is 28.0. The van der Waals surface area contributed by atoms with Gasteiger partial charge in [0.15, 0.2) is 11.5 Å². The molecule has 0 saturated carbocycles. The zero-order valence-electron chi connectivity index (χ0n) is 23.7. The second-order valence-electron chi connectivity index (χ2n) is 9.29. The van der Waals surface area contributed by atoms with Gasteiger partial charge in [-0.25, -0.2) is 12.8 Å². The third kappa shape index (κ3) is 7.97. The summed E-state index contributed by atoms with van der Waals surface area (Å²) in [6.45, 7) is 3.53. The molecule has 3 aromatic carbocycles. The molecule has 1 N–H and O–H groups in total. The lowest BCUT2D eigenvalue weighted by Crippen LogP contribution is -2.52. The molecule has 0 bridgehead atoms. The molecule has 0 aliphatic heterocycles. The van der Waals surface area contributed by atoms with Gasteiger partial charge in [0.25, 0.3) is 10.0 Å². The van der Waals surface area contributed by atoms with Crippen molar-refractivity contribution in [2.45, 2.75) is 37.6 Å². The summed E-state index contributed by atoms with van der Waals surface area (Å²) in [5.74, 6) is -0.980. The first-order valence-corrected chi connectivity index (χ1v) is 14.7. The zero-order valence-corrected chi connectivity index (χ0v) is 24.5. The molecule has 0 aliphatic carbocycles. The van der Waals surface area contributed by atoms with Gasteiger partial charge in [-0.3, -0.25) is 13.9 Å². The zero-order chi connectivity index (χ0) is 30.0. The van der Waals surface area contributed by atoms with E-state index in [-0.39, 0.29) is 28.8 Å². The van der Waals surface area contributed by atoms with E-state index >= 15 is 0 Å². The van der Waals surface area contributed by atoms with Gasteiger partial charge in [-0.2, -0.15) is 0 Å². The van der Waals surface area contributed by atoms with Gasteiger partial charge in [0.2, 0.25) is 11.8 Å². The number of nitrogens with one attached hydrogen (secondary N) is 1. The van der Waals surface area contributed by atoms with Crippen LogP contribution in [0, 0.1) is 5.82 Å². The van der Waals surface area contributed by atoms with Crippen molar-refractivity contribution in [1.82, 2.24) is 10.2 Å². The molecule has 0 unspecified atom stereocenters. The van der Waals surface area contributed by atoms with Gasteiger partial charge >= 0.3 is 0 Å². The summed E-state index contributed by atoms with van der Waals surface area (Å²) in [7, 11) is -1.55. The number of carbonyl (C=O) groups excluding carboxylic acids is 2. The van der Waals surface area contributed by atoms with E-state index in [0.29, 0.717) is 18.7 Å². The van der Waals surface area contributed by atoms with Crippen LogP contribution in [-0.2, 0) is 26.0 Å². The van der Waals surface area contributed by atoms with Crippen LogP contribution in [0.3, 0.4) is 0 Å². The Morgan fingerprint density at radius 2 is 1.61 bits per heavy atom. The molecule has 0 heterocycles. The van der Waals surface area contributed by atoms with Crippen molar-refractivity contribution >= 4 is 27.5 Å². The lowest BCUT2D eigenvalue weighted by Gasteiger charge is -2.32. The SMILES string of the molecule is CCCNC(=O)[C@H](C)N(CCc1ccccc1)C(=O)CN(c1ccc(F)cc1)S(=O)(=O)c1ccc(OC)c(OC)c1.